The van der Waals surface area contributed by atoms with E-state index >= 15 is 0 Å². The summed E-state index contributed by atoms with van der Waals surface area (Å²) in [4.78, 5) is 11.8. The van der Waals surface area contributed by atoms with Crippen LogP contribution < -0.4 is 11.1 Å². The highest BCUT2D eigenvalue weighted by atomic mass is 79.9. The van der Waals surface area contributed by atoms with E-state index in [-0.39, 0.29) is 5.56 Å². The number of aromatic nitrogens is 2. The average Bonchev–Trinajstić information content (AvgIpc) is 2.75. The lowest BCUT2D eigenvalue weighted by molar-refractivity contribution is 0.0947. The number of carbonyl (C=O) groups excluding carboxylic acids is 1. The van der Waals surface area contributed by atoms with E-state index in [0.717, 1.165) is 0 Å². The Balaban J connectivity index is 1.94. The Labute approximate surface area is 117 Å². The van der Waals surface area contributed by atoms with Crippen LogP contribution in [0.4, 0.5) is 10.1 Å². The number of hydrogen-bond acceptors (Lipinski definition) is 3. The lowest BCUT2D eigenvalue weighted by atomic mass is 10.2. The van der Waals surface area contributed by atoms with Crippen LogP contribution in [0.3, 0.4) is 0 Å². The number of nitrogens with two attached hydrogens (primary N) is 1. The number of halogens is 2. The minimum absolute atomic E-state index is 0.00230. The second kappa shape index (κ2) is 5.83. The molecule has 0 fully saturated rings. The van der Waals surface area contributed by atoms with E-state index in [4.69, 9.17) is 5.73 Å². The van der Waals surface area contributed by atoms with Crippen molar-refractivity contribution in [3.8, 4) is 0 Å². The molecular weight excluding hydrogens is 315 g/mol. The number of hydrogen-bond donors (Lipinski definition) is 2. The third-order valence-corrected chi connectivity index (χ3v) is 3.13. The molecule has 0 atom stereocenters. The molecule has 5 nitrogen and oxygen atoms in total. The van der Waals surface area contributed by atoms with E-state index in [1.54, 1.807) is 16.9 Å². The van der Waals surface area contributed by atoms with E-state index < -0.39 is 11.7 Å². The van der Waals surface area contributed by atoms with E-state index in [0.29, 0.717) is 23.2 Å². The summed E-state index contributed by atoms with van der Waals surface area (Å²) in [5.41, 5.74) is 6.08. The molecule has 1 amide bonds. The van der Waals surface area contributed by atoms with Gasteiger partial charge in [0.2, 0.25) is 0 Å². The van der Waals surface area contributed by atoms with Crippen molar-refractivity contribution < 1.29 is 9.18 Å². The molecule has 0 unspecified atom stereocenters. The Hall–Kier alpha value is -1.89. The molecule has 0 aliphatic carbocycles. The van der Waals surface area contributed by atoms with Gasteiger partial charge < -0.3 is 11.1 Å². The smallest absolute Gasteiger partial charge is 0.255 e. The minimum atomic E-state index is -0.560. The van der Waals surface area contributed by atoms with Crippen LogP contribution in [0, 0.1) is 5.82 Å². The van der Waals surface area contributed by atoms with E-state index in [1.807, 2.05) is 0 Å². The van der Waals surface area contributed by atoms with Gasteiger partial charge in [-0.2, -0.15) is 5.10 Å². The molecule has 0 saturated heterocycles. The highest BCUT2D eigenvalue weighted by Gasteiger charge is 2.14. The van der Waals surface area contributed by atoms with Gasteiger partial charge in [0.05, 0.1) is 24.0 Å². The zero-order chi connectivity index (χ0) is 13.8. The largest absolute Gasteiger partial charge is 0.396 e. The molecule has 1 aromatic carbocycles. The lowest BCUT2D eigenvalue weighted by Crippen LogP contribution is -2.28. The van der Waals surface area contributed by atoms with Crippen molar-refractivity contribution >= 4 is 27.5 Å². The Bertz CT molecular complexity index is 579. The van der Waals surface area contributed by atoms with Gasteiger partial charge in [-0.3, -0.25) is 9.48 Å². The Morgan fingerprint density at radius 2 is 2.32 bits per heavy atom. The van der Waals surface area contributed by atoms with Gasteiger partial charge in [-0.1, -0.05) is 6.07 Å². The maximum Gasteiger partial charge on any atom is 0.255 e. The fraction of sp³-hybridized carbons (Fsp3) is 0.167. The van der Waals surface area contributed by atoms with Crippen LogP contribution in [0.1, 0.15) is 10.4 Å². The maximum absolute atomic E-state index is 13.5. The Morgan fingerprint density at radius 3 is 2.95 bits per heavy atom. The zero-order valence-electron chi connectivity index (χ0n) is 9.94. The first-order valence-corrected chi connectivity index (χ1v) is 6.37. The molecule has 0 aliphatic rings. The summed E-state index contributed by atoms with van der Waals surface area (Å²) in [5, 5.41) is 6.61. The summed E-state index contributed by atoms with van der Waals surface area (Å²) in [7, 11) is 0. The summed E-state index contributed by atoms with van der Waals surface area (Å²) < 4.78 is 15.6. The molecule has 0 spiro atoms. The van der Waals surface area contributed by atoms with E-state index in [9.17, 15) is 9.18 Å². The summed E-state index contributed by atoms with van der Waals surface area (Å²) in [6.07, 6.45) is 3.18. The van der Waals surface area contributed by atoms with Gasteiger partial charge in [-0.05, 0) is 28.1 Å². The second-order valence-corrected chi connectivity index (χ2v) is 4.74. The van der Waals surface area contributed by atoms with Crippen molar-refractivity contribution in [1.82, 2.24) is 15.1 Å². The van der Waals surface area contributed by atoms with E-state index in [1.165, 1.54) is 18.3 Å². The summed E-state index contributed by atoms with van der Waals surface area (Å²) in [6, 6.07) is 4.39. The highest BCUT2D eigenvalue weighted by molar-refractivity contribution is 9.10. The molecule has 100 valence electrons. The minimum Gasteiger partial charge on any atom is -0.396 e. The fourth-order valence-electron chi connectivity index (χ4n) is 1.59. The van der Waals surface area contributed by atoms with Gasteiger partial charge in [0.15, 0.2) is 0 Å². The van der Waals surface area contributed by atoms with Crippen LogP contribution in [0.5, 0.6) is 0 Å². The van der Waals surface area contributed by atoms with Gasteiger partial charge in [0.25, 0.3) is 5.91 Å². The fourth-order valence-corrected chi connectivity index (χ4v) is 2.11. The van der Waals surface area contributed by atoms with Crippen molar-refractivity contribution in [1.29, 1.82) is 0 Å². The number of amides is 1. The molecule has 0 saturated carbocycles. The molecule has 0 radical (unpaired) electrons. The monoisotopic (exact) mass is 326 g/mol. The van der Waals surface area contributed by atoms with Crippen LogP contribution in [0.15, 0.2) is 35.1 Å². The summed E-state index contributed by atoms with van der Waals surface area (Å²) >= 11 is 3.15. The SMILES string of the molecule is Nc1cnn(CCNC(=O)c2c(F)cccc2Br)c1. The van der Waals surface area contributed by atoms with Crippen molar-refractivity contribution in [2.45, 2.75) is 6.54 Å². The molecular formula is C12H12BrFN4O. The van der Waals surface area contributed by atoms with Gasteiger partial charge in [-0.15, -0.1) is 0 Å². The predicted octanol–water partition coefficient (Wildman–Crippen LogP) is 1.80. The number of rotatable bonds is 4. The first-order valence-electron chi connectivity index (χ1n) is 5.58. The molecule has 7 heteroatoms. The molecule has 1 heterocycles. The van der Waals surface area contributed by atoms with Crippen LogP contribution in [-0.4, -0.2) is 22.2 Å². The zero-order valence-corrected chi connectivity index (χ0v) is 11.5. The molecule has 2 aromatic rings. The molecule has 0 bridgehead atoms. The molecule has 2 rings (SSSR count). The highest BCUT2D eigenvalue weighted by Crippen LogP contribution is 2.19. The Morgan fingerprint density at radius 1 is 1.53 bits per heavy atom. The quantitative estimate of drug-likeness (QED) is 0.899. The van der Waals surface area contributed by atoms with Crippen LogP contribution in [0.2, 0.25) is 0 Å². The maximum atomic E-state index is 13.5. The molecule has 0 aliphatic heterocycles. The molecule has 3 N–H and O–H groups in total. The number of nitrogen functional groups attached to an aromatic ring is 1. The first kappa shape index (κ1) is 13.5. The average molecular weight is 327 g/mol. The van der Waals surface area contributed by atoms with Crippen molar-refractivity contribution in [3.05, 3.63) is 46.4 Å². The second-order valence-electron chi connectivity index (χ2n) is 3.89. The van der Waals surface area contributed by atoms with Gasteiger partial charge >= 0.3 is 0 Å². The van der Waals surface area contributed by atoms with Crippen LogP contribution >= 0.6 is 15.9 Å². The third kappa shape index (κ3) is 3.31. The van der Waals surface area contributed by atoms with Gasteiger partial charge in [-0.25, -0.2) is 4.39 Å². The van der Waals surface area contributed by atoms with E-state index in [2.05, 4.69) is 26.3 Å². The van der Waals surface area contributed by atoms with Gasteiger partial charge in [0, 0.05) is 17.2 Å². The summed E-state index contributed by atoms with van der Waals surface area (Å²) in [6.45, 7) is 0.801. The Kier molecular flexibility index (Phi) is 4.16. The van der Waals surface area contributed by atoms with Crippen molar-refractivity contribution in [2.75, 3.05) is 12.3 Å². The third-order valence-electron chi connectivity index (χ3n) is 2.47. The normalized spacial score (nSPS) is 10.4. The van der Waals surface area contributed by atoms with Crippen molar-refractivity contribution in [2.24, 2.45) is 0 Å². The van der Waals surface area contributed by atoms with Crippen molar-refractivity contribution in [3.63, 3.8) is 0 Å². The number of carbonyl (C=O) groups is 1. The predicted molar refractivity (Wildman–Crippen MR) is 73.1 cm³/mol. The summed E-state index contributed by atoms with van der Waals surface area (Å²) in [5.74, 6) is -1.03. The van der Waals surface area contributed by atoms with Crippen LogP contribution in [0.25, 0.3) is 0 Å². The first-order chi connectivity index (χ1) is 9.08. The lowest BCUT2D eigenvalue weighted by Gasteiger charge is -2.07. The van der Waals surface area contributed by atoms with Gasteiger partial charge in [0.1, 0.15) is 5.82 Å². The number of anilines is 1. The van der Waals surface area contributed by atoms with Crippen LogP contribution in [-0.2, 0) is 6.54 Å². The number of benzene rings is 1. The number of nitrogens with one attached hydrogen (secondary N) is 1. The number of nitrogens with zero attached hydrogens (tertiary/aromatic N) is 2. The molecule has 1 aromatic heterocycles. The topological polar surface area (TPSA) is 72.9 Å². The standard InChI is InChI=1S/C12H12BrFN4O/c13-9-2-1-3-10(14)11(9)12(19)16-4-5-18-7-8(15)6-17-18/h1-3,6-7H,4-5,15H2,(H,16,19). The molecule has 19 heavy (non-hydrogen) atoms.